The Kier molecular flexibility index (Phi) is 0.733. The first kappa shape index (κ1) is 6.01. The summed E-state index contributed by atoms with van der Waals surface area (Å²) in [4.78, 5) is 11.5. The zero-order valence-corrected chi connectivity index (χ0v) is 6.22. The highest BCUT2D eigenvalue weighted by Gasteiger charge is 2.50. The lowest BCUT2D eigenvalue weighted by Gasteiger charge is -2.10. The molecule has 1 aromatic heterocycles. The van der Waals surface area contributed by atoms with E-state index in [1.165, 1.54) is 0 Å². The smallest absolute Gasteiger partial charge is 0.373 e. The molecule has 0 spiro atoms. The highest BCUT2D eigenvalue weighted by atomic mass is 31.2. The minimum atomic E-state index is -3.66. The Bertz CT molecular complexity index is 473. The molecule has 1 unspecified atom stereocenters. The summed E-state index contributed by atoms with van der Waals surface area (Å²) in [6.45, 7) is 0. The summed E-state index contributed by atoms with van der Waals surface area (Å²) >= 11 is 0. The van der Waals surface area contributed by atoms with Gasteiger partial charge >= 0.3 is 13.4 Å². The third-order valence-electron chi connectivity index (χ3n) is 1.36. The fraction of sp³-hybridized carbons (Fsp3) is 0. The van der Waals surface area contributed by atoms with Gasteiger partial charge in [-0.2, -0.15) is 4.57 Å². The standard InChI is InChI=1S/C3N3O5P/c7-3-1-2-4-5-6(3)11-12(8,9-1)10-2. The second kappa shape index (κ2) is 1.46. The summed E-state index contributed by atoms with van der Waals surface area (Å²) in [6.07, 6.45) is 0. The fourth-order valence-electron chi connectivity index (χ4n) is 0.901. The minimum Gasteiger partial charge on any atom is -0.373 e. The molecular formula is C3N3O5P. The first-order valence-electron chi connectivity index (χ1n) is 2.87. The summed E-state index contributed by atoms with van der Waals surface area (Å²) in [7, 11) is -3.66. The Morgan fingerprint density at radius 1 is 1.42 bits per heavy atom. The lowest BCUT2D eigenvalue weighted by molar-refractivity contribution is 0.151. The molecule has 0 radical (unpaired) electrons. The summed E-state index contributed by atoms with van der Waals surface area (Å²) in [5.74, 6) is -0.392. The van der Waals surface area contributed by atoms with E-state index in [1.54, 1.807) is 0 Å². The van der Waals surface area contributed by atoms with Crippen LogP contribution in [0.2, 0.25) is 0 Å². The third kappa shape index (κ3) is 0.504. The third-order valence-corrected chi connectivity index (χ3v) is 2.52. The van der Waals surface area contributed by atoms with Crippen molar-refractivity contribution in [1.29, 1.82) is 0 Å². The SMILES string of the molecule is O=c1c2c3nnn1OP(=O)(O3)O2. The number of hydrogen-bond acceptors (Lipinski definition) is 7. The van der Waals surface area contributed by atoms with Crippen molar-refractivity contribution in [2.24, 2.45) is 0 Å². The predicted octanol–water partition coefficient (Wildman–Crippen LogP) is -1.04. The quantitative estimate of drug-likeness (QED) is 0.481. The average molecular weight is 189 g/mol. The van der Waals surface area contributed by atoms with Crippen LogP contribution in [0.25, 0.3) is 0 Å². The van der Waals surface area contributed by atoms with Crippen molar-refractivity contribution in [1.82, 2.24) is 15.2 Å². The maximum absolute atomic E-state index is 11.2. The van der Waals surface area contributed by atoms with E-state index in [-0.39, 0.29) is 11.6 Å². The largest absolute Gasteiger partial charge is 0.670 e. The van der Waals surface area contributed by atoms with Crippen molar-refractivity contribution in [2.45, 2.75) is 0 Å². The van der Waals surface area contributed by atoms with Crippen molar-refractivity contribution in [3.8, 4) is 11.6 Å². The van der Waals surface area contributed by atoms with E-state index in [4.69, 9.17) is 0 Å². The second-order valence-corrected chi connectivity index (χ2v) is 3.54. The maximum atomic E-state index is 11.2. The predicted molar refractivity (Wildman–Crippen MR) is 31.7 cm³/mol. The number of fused-ring (bicyclic) bond motifs is 2. The number of hydrogen-bond donors (Lipinski definition) is 0. The van der Waals surface area contributed by atoms with E-state index in [0.717, 1.165) is 0 Å². The first-order chi connectivity index (χ1) is 5.68. The van der Waals surface area contributed by atoms with Gasteiger partial charge in [-0.1, -0.05) is 5.10 Å². The van der Waals surface area contributed by atoms with Crippen LogP contribution in [-0.2, 0) is 4.57 Å². The number of phosphoric acid groups is 1. The number of nitrogens with zero attached hydrogens (tertiary/aromatic N) is 3. The number of aromatic nitrogens is 3. The molecule has 62 valence electrons. The Morgan fingerprint density at radius 3 is 3.08 bits per heavy atom. The van der Waals surface area contributed by atoms with Gasteiger partial charge in [-0.3, -0.25) is 9.42 Å². The Labute approximate surface area is 64.2 Å². The lowest BCUT2D eigenvalue weighted by Crippen LogP contribution is -2.32. The molecule has 8 nitrogen and oxygen atoms in total. The average Bonchev–Trinajstić information content (AvgIpc) is 2.18. The van der Waals surface area contributed by atoms with Crippen LogP contribution in [-0.4, -0.2) is 15.2 Å². The van der Waals surface area contributed by atoms with E-state index >= 15 is 0 Å². The Balaban J connectivity index is 2.51. The van der Waals surface area contributed by atoms with Crippen LogP contribution in [0, 0.1) is 0 Å². The highest BCUT2D eigenvalue weighted by Crippen LogP contribution is 2.55. The van der Waals surface area contributed by atoms with Gasteiger partial charge < -0.3 is 9.05 Å². The van der Waals surface area contributed by atoms with Gasteiger partial charge in [0.05, 0.1) is 0 Å². The van der Waals surface area contributed by atoms with E-state index < -0.39 is 13.4 Å². The van der Waals surface area contributed by atoms with E-state index in [9.17, 15) is 9.36 Å². The molecule has 0 N–H and O–H groups in total. The lowest BCUT2D eigenvalue weighted by atomic mass is 10.6. The molecule has 3 rings (SSSR count). The van der Waals surface area contributed by atoms with Gasteiger partial charge in [0.25, 0.3) is 11.6 Å². The molecule has 9 heteroatoms. The zero-order valence-electron chi connectivity index (χ0n) is 5.33. The van der Waals surface area contributed by atoms with Gasteiger partial charge in [-0.05, 0) is 10.1 Å². The van der Waals surface area contributed by atoms with E-state index in [2.05, 4.69) is 24.0 Å². The van der Waals surface area contributed by atoms with Crippen LogP contribution in [0.4, 0.5) is 0 Å². The molecule has 0 fully saturated rings. The van der Waals surface area contributed by atoms with Crippen molar-refractivity contribution in [2.75, 3.05) is 0 Å². The molecule has 0 saturated carbocycles. The normalized spacial score (nSPS) is 27.7. The molecule has 0 amide bonds. The van der Waals surface area contributed by atoms with E-state index in [0.29, 0.717) is 4.85 Å². The summed E-state index contributed by atoms with van der Waals surface area (Å²) < 4.78 is 24.9. The Hall–Kier alpha value is -1.56. The van der Waals surface area contributed by atoms with Crippen LogP contribution in [0.5, 0.6) is 11.6 Å². The van der Waals surface area contributed by atoms with Gasteiger partial charge in [-0.25, -0.2) is 0 Å². The van der Waals surface area contributed by atoms with Crippen LogP contribution < -0.4 is 19.2 Å². The summed E-state index contributed by atoms with van der Waals surface area (Å²) in [5, 5.41) is 6.62. The first-order valence-corrected chi connectivity index (χ1v) is 4.33. The number of rotatable bonds is 0. The molecule has 1 atom stereocenters. The van der Waals surface area contributed by atoms with Crippen LogP contribution in [0.1, 0.15) is 0 Å². The number of phosphoric ester groups is 1. The van der Waals surface area contributed by atoms with Crippen LogP contribution >= 0.6 is 7.82 Å². The van der Waals surface area contributed by atoms with Crippen molar-refractivity contribution >= 4 is 7.82 Å². The maximum Gasteiger partial charge on any atom is 0.670 e. The van der Waals surface area contributed by atoms with Gasteiger partial charge in [0, 0.05) is 0 Å². The second-order valence-electron chi connectivity index (χ2n) is 2.11. The van der Waals surface area contributed by atoms with Gasteiger partial charge in [0.2, 0.25) is 0 Å². The fourth-order valence-corrected chi connectivity index (χ4v) is 2.01. The monoisotopic (exact) mass is 189 g/mol. The Morgan fingerprint density at radius 2 is 2.25 bits per heavy atom. The molecule has 12 heavy (non-hydrogen) atoms. The molecule has 2 aliphatic rings. The van der Waals surface area contributed by atoms with Crippen molar-refractivity contribution in [3.05, 3.63) is 10.4 Å². The molecule has 0 saturated heterocycles. The molecule has 2 aliphatic heterocycles. The van der Waals surface area contributed by atoms with Crippen molar-refractivity contribution in [3.63, 3.8) is 0 Å². The molecular weight excluding hydrogens is 189 g/mol. The minimum absolute atomic E-state index is 0.183. The molecule has 1 aromatic rings. The van der Waals surface area contributed by atoms with Crippen molar-refractivity contribution < 1.29 is 18.2 Å². The summed E-state index contributed by atoms with van der Waals surface area (Å²) in [6, 6.07) is 0. The van der Waals surface area contributed by atoms with Crippen LogP contribution in [0.15, 0.2) is 4.79 Å². The highest BCUT2D eigenvalue weighted by molar-refractivity contribution is 7.50. The topological polar surface area (TPSA) is 92.5 Å². The van der Waals surface area contributed by atoms with E-state index in [1.807, 2.05) is 0 Å². The van der Waals surface area contributed by atoms with Crippen LogP contribution in [0.3, 0.4) is 0 Å². The molecule has 0 aromatic carbocycles. The molecule has 0 aliphatic carbocycles. The van der Waals surface area contributed by atoms with Gasteiger partial charge in [0.1, 0.15) is 0 Å². The zero-order chi connectivity index (χ0) is 8.34. The van der Waals surface area contributed by atoms with Gasteiger partial charge in [0.15, 0.2) is 0 Å². The molecule has 3 heterocycles. The van der Waals surface area contributed by atoms with Gasteiger partial charge in [-0.15, -0.1) is 0 Å². The molecule has 3 bridgehead atoms. The summed E-state index contributed by atoms with van der Waals surface area (Å²) in [5.41, 5.74) is -0.663.